The molecule has 0 radical (unpaired) electrons. The number of hydrogen-bond donors (Lipinski definition) is 4. The van der Waals surface area contributed by atoms with Crippen LogP contribution in [0.25, 0.3) is 0 Å². The van der Waals surface area contributed by atoms with Gasteiger partial charge in [0.1, 0.15) is 17.6 Å². The predicted octanol–water partition coefficient (Wildman–Crippen LogP) is 4.57. The van der Waals surface area contributed by atoms with E-state index < -0.39 is 35.2 Å². The minimum Gasteiger partial charge on any atom is -0.457 e. The highest BCUT2D eigenvalue weighted by atomic mass is 16.6. The summed E-state index contributed by atoms with van der Waals surface area (Å²) < 4.78 is 11.8. The number of anilines is 1. The standard InChI is InChI=1S/C32H42N2O7/c1-31-16-14-28(41-30(39)33-21-8-10-24(11-9-21)40-23-6-4-3-5-7-23)32(2,20-35)27(31)13-12-26(37)25(31)18-29(38)34-17-15-22(36)19-34/h3-11,22,25-28,35-37H,12-20H2,1-2H3,(H,33,39). The van der Waals surface area contributed by atoms with Gasteiger partial charge < -0.3 is 29.7 Å². The van der Waals surface area contributed by atoms with Crippen LogP contribution in [0.1, 0.15) is 52.4 Å². The van der Waals surface area contributed by atoms with E-state index >= 15 is 0 Å². The van der Waals surface area contributed by atoms with Crippen molar-refractivity contribution in [1.82, 2.24) is 4.90 Å². The van der Waals surface area contributed by atoms with Crippen LogP contribution in [-0.4, -0.2) is 70.2 Å². The number of nitrogens with zero attached hydrogens (tertiary/aromatic N) is 1. The van der Waals surface area contributed by atoms with Gasteiger partial charge in [-0.2, -0.15) is 0 Å². The molecule has 0 aromatic heterocycles. The van der Waals surface area contributed by atoms with Gasteiger partial charge in [0.05, 0.1) is 18.8 Å². The zero-order valence-electron chi connectivity index (χ0n) is 23.9. The van der Waals surface area contributed by atoms with E-state index in [9.17, 15) is 24.9 Å². The number of ether oxygens (including phenoxy) is 2. The highest BCUT2D eigenvalue weighted by Crippen LogP contribution is 2.61. The average Bonchev–Trinajstić information content (AvgIpc) is 3.40. The molecule has 3 fully saturated rings. The summed E-state index contributed by atoms with van der Waals surface area (Å²) in [6.07, 6.45) is 0.929. The van der Waals surface area contributed by atoms with Crippen LogP contribution in [0.4, 0.5) is 10.5 Å². The van der Waals surface area contributed by atoms with Gasteiger partial charge in [0.15, 0.2) is 0 Å². The number of nitrogens with one attached hydrogen (secondary N) is 1. The third-order valence-electron chi connectivity index (χ3n) is 9.92. The first kappa shape index (κ1) is 29.4. The Morgan fingerprint density at radius 1 is 0.976 bits per heavy atom. The molecule has 2 amide bonds. The number of carbonyl (C=O) groups is 2. The molecule has 9 heteroatoms. The summed E-state index contributed by atoms with van der Waals surface area (Å²) in [5, 5.41) is 34.4. The zero-order chi connectivity index (χ0) is 29.2. The fourth-order valence-electron chi connectivity index (χ4n) is 7.57. The minimum absolute atomic E-state index is 0.0453. The molecule has 0 bridgehead atoms. The van der Waals surface area contributed by atoms with Crippen LogP contribution in [0, 0.1) is 22.7 Å². The fraction of sp³-hybridized carbons (Fsp3) is 0.562. The van der Waals surface area contributed by atoms with E-state index in [-0.39, 0.29) is 30.8 Å². The molecule has 2 aliphatic carbocycles. The number of likely N-dealkylation sites (tertiary alicyclic amines) is 1. The Kier molecular flexibility index (Phi) is 8.59. The molecule has 9 nitrogen and oxygen atoms in total. The van der Waals surface area contributed by atoms with Gasteiger partial charge in [-0.05, 0) is 85.8 Å². The summed E-state index contributed by atoms with van der Waals surface area (Å²) in [5.74, 6) is 0.992. The van der Waals surface area contributed by atoms with E-state index in [1.165, 1.54) is 0 Å². The van der Waals surface area contributed by atoms with Crippen molar-refractivity contribution in [3.05, 3.63) is 54.6 Å². The Labute approximate surface area is 241 Å². The maximum Gasteiger partial charge on any atom is 0.411 e. The number of para-hydroxylation sites is 1. The Bertz CT molecular complexity index is 1210. The molecule has 7 unspecified atom stereocenters. The number of amides is 2. The van der Waals surface area contributed by atoms with Crippen LogP contribution in [0.15, 0.2) is 54.6 Å². The SMILES string of the molecule is CC1(CO)C(OC(=O)Nc2ccc(Oc3ccccc3)cc2)CCC2(C)C(CC(=O)N3CCC(O)C3)C(O)CCC12. The normalized spacial score (nSPS) is 33.1. The van der Waals surface area contributed by atoms with Crippen LogP contribution >= 0.6 is 0 Å². The van der Waals surface area contributed by atoms with Crippen molar-refractivity contribution in [2.24, 2.45) is 22.7 Å². The molecule has 1 aliphatic heterocycles. The quantitative estimate of drug-likeness (QED) is 0.387. The molecule has 5 rings (SSSR count). The number of hydrogen-bond acceptors (Lipinski definition) is 7. The Morgan fingerprint density at radius 3 is 2.34 bits per heavy atom. The second kappa shape index (κ2) is 12.0. The maximum atomic E-state index is 13.1. The number of carbonyl (C=O) groups excluding carboxylic acids is 2. The molecule has 2 aromatic rings. The van der Waals surface area contributed by atoms with Gasteiger partial charge >= 0.3 is 6.09 Å². The van der Waals surface area contributed by atoms with Crippen LogP contribution in [0.5, 0.6) is 11.5 Å². The van der Waals surface area contributed by atoms with Crippen LogP contribution in [0.3, 0.4) is 0 Å². The smallest absolute Gasteiger partial charge is 0.411 e. The molecular weight excluding hydrogens is 524 g/mol. The van der Waals surface area contributed by atoms with Crippen LogP contribution in [0.2, 0.25) is 0 Å². The number of β-amino-alcohol motifs (C(OH)–C–C–N with tert-alkyl or cyclic N) is 1. The van der Waals surface area contributed by atoms with Crippen molar-refractivity contribution in [2.75, 3.05) is 25.0 Å². The van der Waals surface area contributed by atoms with E-state index in [0.29, 0.717) is 56.6 Å². The van der Waals surface area contributed by atoms with E-state index in [0.717, 1.165) is 5.75 Å². The lowest BCUT2D eigenvalue weighted by atomic mass is 9.46. The molecule has 1 saturated heterocycles. The second-order valence-electron chi connectivity index (χ2n) is 12.5. The first-order valence-electron chi connectivity index (χ1n) is 14.7. The second-order valence-corrected chi connectivity index (χ2v) is 12.5. The van der Waals surface area contributed by atoms with Crippen molar-refractivity contribution in [3.63, 3.8) is 0 Å². The van der Waals surface area contributed by atoms with E-state index in [1.54, 1.807) is 29.2 Å². The molecule has 41 heavy (non-hydrogen) atoms. The van der Waals surface area contributed by atoms with Gasteiger partial charge in [-0.1, -0.05) is 32.0 Å². The summed E-state index contributed by atoms with van der Waals surface area (Å²) in [4.78, 5) is 27.8. The summed E-state index contributed by atoms with van der Waals surface area (Å²) in [5.41, 5.74) is -0.579. The van der Waals surface area contributed by atoms with Gasteiger partial charge in [0.2, 0.25) is 5.91 Å². The lowest BCUT2D eigenvalue weighted by molar-refractivity contribution is -0.186. The third kappa shape index (κ3) is 6.08. The van der Waals surface area contributed by atoms with E-state index in [2.05, 4.69) is 12.2 Å². The van der Waals surface area contributed by atoms with Gasteiger partial charge in [-0.3, -0.25) is 10.1 Å². The first-order valence-corrected chi connectivity index (χ1v) is 14.7. The molecule has 2 aromatic carbocycles. The summed E-state index contributed by atoms with van der Waals surface area (Å²) in [6, 6.07) is 16.5. The molecule has 2 saturated carbocycles. The van der Waals surface area contributed by atoms with Crippen molar-refractivity contribution in [1.29, 1.82) is 0 Å². The Morgan fingerprint density at radius 2 is 1.68 bits per heavy atom. The Balaban J connectivity index is 1.23. The third-order valence-corrected chi connectivity index (χ3v) is 9.92. The molecule has 7 atom stereocenters. The monoisotopic (exact) mass is 566 g/mol. The van der Waals surface area contributed by atoms with E-state index in [4.69, 9.17) is 9.47 Å². The summed E-state index contributed by atoms with van der Waals surface area (Å²) in [7, 11) is 0. The Hall–Kier alpha value is -3.14. The fourth-order valence-corrected chi connectivity index (χ4v) is 7.57. The average molecular weight is 567 g/mol. The first-order chi connectivity index (χ1) is 19.6. The van der Waals surface area contributed by atoms with E-state index in [1.807, 2.05) is 37.3 Å². The predicted molar refractivity (Wildman–Crippen MR) is 153 cm³/mol. The van der Waals surface area contributed by atoms with Crippen molar-refractivity contribution < 1.29 is 34.4 Å². The minimum atomic E-state index is -0.733. The molecule has 1 heterocycles. The zero-order valence-corrected chi connectivity index (χ0v) is 23.9. The van der Waals surface area contributed by atoms with Crippen molar-refractivity contribution in [2.45, 2.75) is 70.7 Å². The summed E-state index contributed by atoms with van der Waals surface area (Å²) >= 11 is 0. The topological polar surface area (TPSA) is 129 Å². The van der Waals surface area contributed by atoms with Gasteiger partial charge in [0.25, 0.3) is 0 Å². The molecule has 3 aliphatic rings. The highest BCUT2D eigenvalue weighted by Gasteiger charge is 2.60. The van der Waals surface area contributed by atoms with Gasteiger partial charge in [-0.15, -0.1) is 0 Å². The molecule has 0 spiro atoms. The number of benzene rings is 2. The van der Waals surface area contributed by atoms with Gasteiger partial charge in [-0.25, -0.2) is 4.79 Å². The number of rotatable bonds is 7. The number of fused-ring (bicyclic) bond motifs is 1. The number of aliphatic hydroxyl groups is 3. The summed E-state index contributed by atoms with van der Waals surface area (Å²) in [6.45, 7) is 4.76. The highest BCUT2D eigenvalue weighted by molar-refractivity contribution is 5.84. The van der Waals surface area contributed by atoms with Crippen LogP contribution in [-0.2, 0) is 9.53 Å². The molecule has 4 N–H and O–H groups in total. The lowest BCUT2D eigenvalue weighted by Crippen LogP contribution is -2.61. The van der Waals surface area contributed by atoms with Crippen molar-refractivity contribution >= 4 is 17.7 Å². The number of aliphatic hydroxyl groups excluding tert-OH is 3. The molecular formula is C32H42N2O7. The van der Waals surface area contributed by atoms with Crippen molar-refractivity contribution in [3.8, 4) is 11.5 Å². The maximum absolute atomic E-state index is 13.1. The molecule has 222 valence electrons. The largest absolute Gasteiger partial charge is 0.457 e. The lowest BCUT2D eigenvalue weighted by Gasteiger charge is -2.60. The van der Waals surface area contributed by atoms with Gasteiger partial charge in [0, 0.05) is 30.6 Å². The van der Waals surface area contributed by atoms with Crippen LogP contribution < -0.4 is 10.1 Å².